The van der Waals surface area contributed by atoms with Crippen LogP contribution < -0.4 is 10.6 Å². The Morgan fingerprint density at radius 1 is 1.31 bits per heavy atom. The van der Waals surface area contributed by atoms with Gasteiger partial charge in [0.15, 0.2) is 5.82 Å². The molecule has 0 spiro atoms. The Balaban J connectivity index is 1.48. The summed E-state index contributed by atoms with van der Waals surface area (Å²) < 4.78 is 19.3. The van der Waals surface area contributed by atoms with Gasteiger partial charge in [0.05, 0.1) is 18.0 Å². The number of nitrogens with zero attached hydrogens (tertiary/aromatic N) is 2. The maximum Gasteiger partial charge on any atom is 0.319 e. The van der Waals surface area contributed by atoms with E-state index in [4.69, 9.17) is 4.74 Å². The largest absolute Gasteiger partial charge is 0.375 e. The van der Waals surface area contributed by atoms with E-state index in [2.05, 4.69) is 32.7 Å². The van der Waals surface area contributed by atoms with Crippen LogP contribution >= 0.6 is 0 Å². The third-order valence-electron chi connectivity index (χ3n) is 4.19. The van der Waals surface area contributed by atoms with Gasteiger partial charge < -0.3 is 15.4 Å². The van der Waals surface area contributed by atoms with Gasteiger partial charge in [-0.05, 0) is 18.1 Å². The Kier molecular flexibility index (Phi) is 6.51. The van der Waals surface area contributed by atoms with Gasteiger partial charge in [0.1, 0.15) is 0 Å². The first-order valence-electron chi connectivity index (χ1n) is 8.73. The standard InChI is InChI=1S/C19H23FN4O2/c20-17-12-21-8-7-18(17)23-19(25)22-11-16-14-24(9-4-10-26-16)13-15-5-2-1-3-6-15/h1-3,5-8,12,16H,4,9-11,13-14H2,(H2,21,22,23,25). The number of benzene rings is 1. The van der Waals surface area contributed by atoms with Crippen molar-refractivity contribution in [1.82, 2.24) is 15.2 Å². The second-order valence-electron chi connectivity index (χ2n) is 6.26. The van der Waals surface area contributed by atoms with Gasteiger partial charge >= 0.3 is 6.03 Å². The zero-order valence-corrected chi connectivity index (χ0v) is 14.5. The normalized spacial score (nSPS) is 18.1. The lowest BCUT2D eigenvalue weighted by Crippen LogP contribution is -2.41. The number of rotatable bonds is 5. The third-order valence-corrected chi connectivity index (χ3v) is 4.19. The number of hydrogen-bond donors (Lipinski definition) is 2. The highest BCUT2D eigenvalue weighted by molar-refractivity contribution is 5.89. The van der Waals surface area contributed by atoms with E-state index in [-0.39, 0.29) is 11.8 Å². The number of carbonyl (C=O) groups is 1. The number of ether oxygens (including phenoxy) is 1. The number of carbonyl (C=O) groups excluding carboxylic acids is 1. The van der Waals surface area contributed by atoms with Gasteiger partial charge in [0.25, 0.3) is 0 Å². The van der Waals surface area contributed by atoms with Gasteiger partial charge in [-0.25, -0.2) is 9.18 Å². The fraction of sp³-hybridized carbons (Fsp3) is 0.368. The highest BCUT2D eigenvalue weighted by Crippen LogP contribution is 2.12. The smallest absolute Gasteiger partial charge is 0.319 e. The summed E-state index contributed by atoms with van der Waals surface area (Å²) in [5.74, 6) is -0.567. The number of hydrogen-bond acceptors (Lipinski definition) is 4. The molecule has 138 valence electrons. The van der Waals surface area contributed by atoms with E-state index in [0.717, 1.165) is 32.3 Å². The average molecular weight is 358 g/mol. The fourth-order valence-electron chi connectivity index (χ4n) is 2.93. The van der Waals surface area contributed by atoms with E-state index in [9.17, 15) is 9.18 Å². The van der Waals surface area contributed by atoms with Crippen molar-refractivity contribution in [3.63, 3.8) is 0 Å². The van der Waals surface area contributed by atoms with Crippen LogP contribution in [0.3, 0.4) is 0 Å². The molecule has 1 aromatic carbocycles. The Morgan fingerprint density at radius 2 is 2.15 bits per heavy atom. The summed E-state index contributed by atoms with van der Waals surface area (Å²) in [5.41, 5.74) is 1.36. The summed E-state index contributed by atoms with van der Waals surface area (Å²) >= 11 is 0. The van der Waals surface area contributed by atoms with Crippen LogP contribution in [0.4, 0.5) is 14.9 Å². The van der Waals surface area contributed by atoms with E-state index in [0.29, 0.717) is 13.2 Å². The molecule has 6 nitrogen and oxygen atoms in total. The van der Waals surface area contributed by atoms with Crippen molar-refractivity contribution in [2.75, 3.05) is 31.6 Å². The molecule has 1 unspecified atom stereocenters. The van der Waals surface area contributed by atoms with Gasteiger partial charge in [-0.2, -0.15) is 0 Å². The molecule has 2 aromatic rings. The van der Waals surface area contributed by atoms with E-state index in [1.54, 1.807) is 0 Å². The Morgan fingerprint density at radius 3 is 2.96 bits per heavy atom. The van der Waals surface area contributed by atoms with Crippen molar-refractivity contribution in [1.29, 1.82) is 0 Å². The van der Waals surface area contributed by atoms with E-state index in [1.165, 1.54) is 17.8 Å². The van der Waals surface area contributed by atoms with E-state index < -0.39 is 11.8 Å². The molecule has 7 heteroatoms. The van der Waals surface area contributed by atoms with Crippen LogP contribution in [0.2, 0.25) is 0 Å². The van der Waals surface area contributed by atoms with Crippen molar-refractivity contribution >= 4 is 11.7 Å². The van der Waals surface area contributed by atoms with Crippen LogP contribution in [0.5, 0.6) is 0 Å². The molecule has 0 saturated carbocycles. The zero-order chi connectivity index (χ0) is 18.2. The van der Waals surface area contributed by atoms with E-state index in [1.807, 2.05) is 18.2 Å². The Bertz CT molecular complexity index is 714. The van der Waals surface area contributed by atoms with Gasteiger partial charge in [-0.1, -0.05) is 30.3 Å². The van der Waals surface area contributed by atoms with E-state index >= 15 is 0 Å². The fourth-order valence-corrected chi connectivity index (χ4v) is 2.93. The first-order chi connectivity index (χ1) is 12.7. The molecule has 1 atom stereocenters. The minimum Gasteiger partial charge on any atom is -0.375 e. The SMILES string of the molecule is O=C(NCC1CN(Cc2ccccc2)CCCO1)Nc1ccncc1F. The van der Waals surface area contributed by atoms with Crippen molar-refractivity contribution < 1.29 is 13.9 Å². The average Bonchev–Trinajstić information content (AvgIpc) is 2.88. The molecular weight excluding hydrogens is 335 g/mol. The van der Waals surface area contributed by atoms with Crippen molar-refractivity contribution in [3.05, 3.63) is 60.2 Å². The summed E-state index contributed by atoms with van der Waals surface area (Å²) in [5, 5.41) is 5.23. The molecule has 0 bridgehead atoms. The van der Waals surface area contributed by atoms with Crippen LogP contribution in [0, 0.1) is 5.82 Å². The molecular formula is C19H23FN4O2. The van der Waals surface area contributed by atoms with Gasteiger partial charge in [0.2, 0.25) is 0 Å². The number of pyridine rings is 1. The number of nitrogens with one attached hydrogen (secondary N) is 2. The predicted molar refractivity (Wildman–Crippen MR) is 97.3 cm³/mol. The minimum atomic E-state index is -0.567. The van der Waals surface area contributed by atoms with Gasteiger partial charge in [-0.3, -0.25) is 9.88 Å². The molecule has 1 aromatic heterocycles. The Hall–Kier alpha value is -2.51. The summed E-state index contributed by atoms with van der Waals surface area (Å²) in [6, 6.07) is 11.2. The predicted octanol–water partition coefficient (Wildman–Crippen LogP) is 2.63. The first-order valence-corrected chi connectivity index (χ1v) is 8.73. The monoisotopic (exact) mass is 358 g/mol. The summed E-state index contributed by atoms with van der Waals surface area (Å²) in [6.45, 7) is 3.58. The van der Waals surface area contributed by atoms with Gasteiger partial charge in [0, 0.05) is 39.0 Å². The second-order valence-corrected chi connectivity index (χ2v) is 6.26. The number of aromatic nitrogens is 1. The molecule has 1 aliphatic rings. The molecule has 2 amide bonds. The maximum absolute atomic E-state index is 13.5. The second kappa shape index (κ2) is 9.26. The van der Waals surface area contributed by atoms with Crippen molar-refractivity contribution in [3.8, 4) is 0 Å². The number of anilines is 1. The zero-order valence-electron chi connectivity index (χ0n) is 14.5. The summed E-state index contributed by atoms with van der Waals surface area (Å²) in [7, 11) is 0. The molecule has 2 heterocycles. The van der Waals surface area contributed by atoms with Gasteiger partial charge in [-0.15, -0.1) is 0 Å². The summed E-state index contributed by atoms with van der Waals surface area (Å²) in [4.78, 5) is 18.0. The van der Waals surface area contributed by atoms with Crippen molar-refractivity contribution in [2.24, 2.45) is 0 Å². The number of urea groups is 1. The molecule has 1 aliphatic heterocycles. The highest BCUT2D eigenvalue weighted by atomic mass is 19.1. The van der Waals surface area contributed by atoms with Crippen LogP contribution in [0.15, 0.2) is 48.8 Å². The van der Waals surface area contributed by atoms with Crippen LogP contribution in [0.1, 0.15) is 12.0 Å². The number of amides is 2. The molecule has 0 aliphatic carbocycles. The van der Waals surface area contributed by atoms with Crippen LogP contribution in [-0.4, -0.2) is 48.3 Å². The highest BCUT2D eigenvalue weighted by Gasteiger charge is 2.19. The minimum absolute atomic E-state index is 0.102. The number of halogens is 1. The molecule has 1 fully saturated rings. The quantitative estimate of drug-likeness (QED) is 0.862. The van der Waals surface area contributed by atoms with Crippen LogP contribution in [-0.2, 0) is 11.3 Å². The lowest BCUT2D eigenvalue weighted by atomic mass is 10.2. The first kappa shape index (κ1) is 18.3. The maximum atomic E-state index is 13.5. The lowest BCUT2D eigenvalue weighted by molar-refractivity contribution is 0.0554. The molecule has 2 N–H and O–H groups in total. The molecule has 1 saturated heterocycles. The van der Waals surface area contributed by atoms with Crippen LogP contribution in [0.25, 0.3) is 0 Å². The van der Waals surface area contributed by atoms with Crippen molar-refractivity contribution in [2.45, 2.75) is 19.1 Å². The summed E-state index contributed by atoms with van der Waals surface area (Å²) in [6.07, 6.45) is 3.34. The lowest BCUT2D eigenvalue weighted by Gasteiger charge is -2.24. The third kappa shape index (κ3) is 5.50. The topological polar surface area (TPSA) is 66.5 Å². The molecule has 26 heavy (non-hydrogen) atoms. The molecule has 0 radical (unpaired) electrons. The Labute approximate surface area is 152 Å². The molecule has 3 rings (SSSR count).